The summed E-state index contributed by atoms with van der Waals surface area (Å²) in [6.07, 6.45) is 1.60. The zero-order valence-corrected chi connectivity index (χ0v) is 16.2. The first-order chi connectivity index (χ1) is 13.5. The monoisotopic (exact) mass is 412 g/mol. The number of aliphatic hydroxyl groups excluding tert-OH is 1. The van der Waals surface area contributed by atoms with Crippen molar-refractivity contribution in [2.24, 2.45) is 0 Å². The first-order valence-corrected chi connectivity index (χ1v) is 10.2. The molecule has 28 heavy (non-hydrogen) atoms. The van der Waals surface area contributed by atoms with Gasteiger partial charge in [-0.25, -0.2) is 0 Å². The number of aliphatic hydroxyl groups is 2. The van der Waals surface area contributed by atoms with E-state index < -0.39 is 5.12 Å². The molecule has 4 rings (SSSR count). The van der Waals surface area contributed by atoms with E-state index in [0.717, 1.165) is 17.5 Å². The van der Waals surface area contributed by atoms with Gasteiger partial charge in [-0.1, -0.05) is 12.1 Å². The van der Waals surface area contributed by atoms with E-state index in [4.69, 9.17) is 9.47 Å². The summed E-state index contributed by atoms with van der Waals surface area (Å²) >= 11 is 2.35. The fourth-order valence-corrected chi connectivity index (χ4v) is 4.06. The molecular formula is C21H16O5S2. The Morgan fingerprint density at radius 2 is 1.82 bits per heavy atom. The summed E-state index contributed by atoms with van der Waals surface area (Å²) in [7, 11) is 0. The van der Waals surface area contributed by atoms with Crippen molar-refractivity contribution in [3.05, 3.63) is 87.7 Å². The molecule has 5 nitrogen and oxygen atoms in total. The normalized spacial score (nSPS) is 18.5. The summed E-state index contributed by atoms with van der Waals surface area (Å²) in [5.41, 5.74) is 0.801. The second-order valence-corrected chi connectivity index (χ2v) is 8.11. The number of benzene rings is 2. The lowest BCUT2D eigenvalue weighted by Gasteiger charge is -2.24. The highest BCUT2D eigenvalue weighted by Crippen LogP contribution is 2.41. The van der Waals surface area contributed by atoms with Gasteiger partial charge in [0, 0.05) is 17.4 Å². The number of hydrogen-bond donors (Lipinski definition) is 2. The molecule has 1 aliphatic heterocycles. The Morgan fingerprint density at radius 1 is 1.04 bits per heavy atom. The molecule has 7 heteroatoms. The van der Waals surface area contributed by atoms with Gasteiger partial charge in [-0.05, 0) is 65.7 Å². The van der Waals surface area contributed by atoms with E-state index in [1.54, 1.807) is 59.9 Å². The van der Waals surface area contributed by atoms with Gasteiger partial charge < -0.3 is 19.7 Å². The maximum absolute atomic E-state index is 13.0. The molecule has 0 fully saturated rings. The van der Waals surface area contributed by atoms with E-state index in [1.165, 1.54) is 6.08 Å². The summed E-state index contributed by atoms with van der Waals surface area (Å²) in [6, 6.07) is 15.4. The topological polar surface area (TPSA) is 76.0 Å². The van der Waals surface area contributed by atoms with Gasteiger partial charge in [0.05, 0.1) is 5.56 Å². The van der Waals surface area contributed by atoms with Crippen molar-refractivity contribution in [2.75, 3.05) is 0 Å². The fraction of sp³-hybridized carbons (Fsp3) is 0.0952. The predicted octanol–water partition coefficient (Wildman–Crippen LogP) is 5.33. The predicted molar refractivity (Wildman–Crippen MR) is 109 cm³/mol. The van der Waals surface area contributed by atoms with Crippen molar-refractivity contribution in [3.63, 3.8) is 0 Å². The minimum absolute atomic E-state index is 0.00693. The number of ether oxygens (including phenoxy) is 2. The van der Waals surface area contributed by atoms with Crippen LogP contribution in [0.2, 0.25) is 0 Å². The number of hydrogen-bond acceptors (Lipinski definition) is 7. The lowest BCUT2D eigenvalue weighted by atomic mass is 10.0. The molecule has 2 N–H and O–H groups in total. The maximum Gasteiger partial charge on any atom is 0.268 e. The van der Waals surface area contributed by atoms with Crippen LogP contribution < -0.4 is 9.47 Å². The summed E-state index contributed by atoms with van der Waals surface area (Å²) in [6.45, 7) is 0. The van der Waals surface area contributed by atoms with Crippen LogP contribution in [0.3, 0.4) is 0 Å². The highest BCUT2D eigenvalue weighted by atomic mass is 32.2. The quantitative estimate of drug-likeness (QED) is 0.421. The van der Waals surface area contributed by atoms with Crippen LogP contribution in [0, 0.1) is 0 Å². The smallest absolute Gasteiger partial charge is 0.268 e. The third-order valence-electron chi connectivity index (χ3n) is 4.05. The lowest BCUT2D eigenvalue weighted by molar-refractivity contribution is -0.0473. The summed E-state index contributed by atoms with van der Waals surface area (Å²) in [4.78, 5) is 13.0. The standard InChI is InChI=1S/C21H16O5S2/c22-19-9-11-21(24,28-19)26-18-4-2-1-3-17(18)20(23)14-5-7-15(8-6-14)25-16-10-12-27-13-16/h1-10,12-13,22,24H,11H2. The minimum atomic E-state index is -1.63. The first-order valence-electron chi connectivity index (χ1n) is 8.46. The molecule has 0 radical (unpaired) electrons. The molecule has 1 aromatic heterocycles. The van der Waals surface area contributed by atoms with Gasteiger partial charge in [0.25, 0.3) is 5.12 Å². The Labute approximate surface area is 169 Å². The molecule has 0 saturated heterocycles. The average molecular weight is 412 g/mol. The number of carbonyl (C=O) groups excluding carboxylic acids is 1. The Hall–Kier alpha value is -2.74. The SMILES string of the molecule is O=C(c1ccc(Oc2ccsc2)cc1)c1ccccc1OC1(O)CC=C(O)S1. The lowest BCUT2D eigenvalue weighted by Crippen LogP contribution is -2.29. The van der Waals surface area contributed by atoms with Gasteiger partial charge in [-0.15, -0.1) is 11.3 Å². The van der Waals surface area contributed by atoms with Crippen molar-refractivity contribution in [3.8, 4) is 17.2 Å². The molecule has 1 atom stereocenters. The van der Waals surface area contributed by atoms with Gasteiger partial charge in [-0.2, -0.15) is 0 Å². The number of thioether (sulfide) groups is 1. The second-order valence-electron chi connectivity index (χ2n) is 6.07. The highest BCUT2D eigenvalue weighted by Gasteiger charge is 2.37. The molecule has 3 aromatic rings. The van der Waals surface area contributed by atoms with E-state index >= 15 is 0 Å². The van der Waals surface area contributed by atoms with Crippen LogP contribution in [0.1, 0.15) is 22.3 Å². The van der Waals surface area contributed by atoms with E-state index in [-0.39, 0.29) is 23.0 Å². The Bertz CT molecular complexity index is 1010. The van der Waals surface area contributed by atoms with Gasteiger partial charge >= 0.3 is 0 Å². The zero-order chi connectivity index (χ0) is 19.6. The van der Waals surface area contributed by atoms with Crippen LogP contribution in [0.4, 0.5) is 0 Å². The van der Waals surface area contributed by atoms with Crippen LogP contribution in [0.5, 0.6) is 17.2 Å². The van der Waals surface area contributed by atoms with Crippen molar-refractivity contribution < 1.29 is 24.5 Å². The second kappa shape index (κ2) is 7.71. The van der Waals surface area contributed by atoms with Crippen molar-refractivity contribution in [1.82, 2.24) is 0 Å². The number of carbonyl (C=O) groups is 1. The third kappa shape index (κ3) is 4.06. The number of ketones is 1. The van der Waals surface area contributed by atoms with Crippen LogP contribution in [-0.2, 0) is 0 Å². The summed E-state index contributed by atoms with van der Waals surface area (Å²) < 4.78 is 11.4. The van der Waals surface area contributed by atoms with Crippen molar-refractivity contribution in [1.29, 1.82) is 0 Å². The molecule has 142 valence electrons. The first kappa shape index (κ1) is 18.6. The van der Waals surface area contributed by atoms with Gasteiger partial charge in [0.2, 0.25) is 0 Å². The Morgan fingerprint density at radius 3 is 2.50 bits per heavy atom. The van der Waals surface area contributed by atoms with E-state index in [2.05, 4.69) is 0 Å². The van der Waals surface area contributed by atoms with Crippen LogP contribution in [-0.4, -0.2) is 21.1 Å². The molecule has 2 aromatic carbocycles. The van der Waals surface area contributed by atoms with Gasteiger partial charge in [-0.3, -0.25) is 4.79 Å². The summed E-state index contributed by atoms with van der Waals surface area (Å²) in [5.74, 6) is 1.41. The number of thiophene rings is 1. The summed E-state index contributed by atoms with van der Waals surface area (Å²) in [5, 5.41) is 22.2. The van der Waals surface area contributed by atoms with Crippen LogP contribution >= 0.6 is 23.1 Å². The van der Waals surface area contributed by atoms with Crippen molar-refractivity contribution >= 4 is 28.9 Å². The molecule has 0 aliphatic carbocycles. The highest BCUT2D eigenvalue weighted by molar-refractivity contribution is 8.04. The molecule has 1 unspecified atom stereocenters. The maximum atomic E-state index is 13.0. The third-order valence-corrected chi connectivity index (χ3v) is 5.65. The molecule has 0 saturated carbocycles. The Kier molecular flexibility index (Phi) is 5.13. The Balaban J connectivity index is 1.53. The molecular weight excluding hydrogens is 396 g/mol. The zero-order valence-electron chi connectivity index (χ0n) is 14.6. The van der Waals surface area contributed by atoms with E-state index in [9.17, 15) is 15.0 Å². The van der Waals surface area contributed by atoms with E-state index in [0.29, 0.717) is 16.9 Å². The molecule has 0 bridgehead atoms. The number of rotatable bonds is 6. The molecule has 1 aliphatic rings. The van der Waals surface area contributed by atoms with Crippen LogP contribution in [0.25, 0.3) is 0 Å². The fourth-order valence-electron chi connectivity index (χ4n) is 2.72. The number of para-hydroxylation sites is 1. The largest absolute Gasteiger partial charge is 0.502 e. The average Bonchev–Trinajstić information content (AvgIpc) is 3.32. The minimum Gasteiger partial charge on any atom is -0.502 e. The van der Waals surface area contributed by atoms with E-state index in [1.807, 2.05) is 16.8 Å². The molecule has 2 heterocycles. The van der Waals surface area contributed by atoms with Crippen molar-refractivity contribution in [2.45, 2.75) is 11.5 Å². The van der Waals surface area contributed by atoms with Gasteiger partial charge in [0.1, 0.15) is 17.2 Å². The van der Waals surface area contributed by atoms with Gasteiger partial charge in [0.15, 0.2) is 10.9 Å². The molecule has 0 amide bonds. The molecule has 0 spiro atoms. The van der Waals surface area contributed by atoms with Crippen LogP contribution in [0.15, 0.2) is 76.5 Å².